The van der Waals surface area contributed by atoms with Gasteiger partial charge in [0.2, 0.25) is 11.8 Å². The zero-order valence-corrected chi connectivity index (χ0v) is 20.7. The molecule has 0 aromatic carbocycles. The fourth-order valence-corrected chi connectivity index (χ4v) is 4.97. The second-order valence-corrected chi connectivity index (χ2v) is 9.88. The van der Waals surface area contributed by atoms with Crippen LogP contribution in [0.4, 0.5) is 11.6 Å². The van der Waals surface area contributed by atoms with Crippen LogP contribution in [-0.2, 0) is 9.59 Å². The van der Waals surface area contributed by atoms with Crippen molar-refractivity contribution in [2.45, 2.75) is 64.0 Å². The number of aromatic nitrogens is 2. The fourth-order valence-electron chi connectivity index (χ4n) is 4.97. The Morgan fingerprint density at radius 1 is 0.829 bits per heavy atom. The number of nitrogens with zero attached hydrogens (tertiary/aromatic N) is 4. The van der Waals surface area contributed by atoms with E-state index in [1.54, 1.807) is 0 Å². The summed E-state index contributed by atoms with van der Waals surface area (Å²) in [6.45, 7) is 5.66. The van der Waals surface area contributed by atoms with Crippen LogP contribution in [0.2, 0.25) is 0 Å². The first kappa shape index (κ1) is 24.9. The van der Waals surface area contributed by atoms with Crippen LogP contribution in [0.5, 0.6) is 0 Å². The van der Waals surface area contributed by atoms with Gasteiger partial charge in [0, 0.05) is 63.5 Å². The number of rotatable bonds is 9. The lowest BCUT2D eigenvalue weighted by molar-refractivity contribution is -0.124. The van der Waals surface area contributed by atoms with E-state index in [0.717, 1.165) is 69.9 Å². The smallest absolute Gasteiger partial charge is 0.220 e. The van der Waals surface area contributed by atoms with E-state index in [1.807, 2.05) is 48.8 Å². The Morgan fingerprint density at radius 2 is 1.31 bits per heavy atom. The van der Waals surface area contributed by atoms with E-state index < -0.39 is 0 Å². The predicted octanol–water partition coefficient (Wildman–Crippen LogP) is 3.15. The molecule has 35 heavy (non-hydrogen) atoms. The van der Waals surface area contributed by atoms with Gasteiger partial charge in [0.15, 0.2) is 0 Å². The van der Waals surface area contributed by atoms with Gasteiger partial charge in [0.05, 0.1) is 0 Å². The SMILES string of the molecule is CC(CCC(=O)NC1CCN(c2ccccn2)CC1)CC(=O)NC1CCN(c2ccccn2)CC1. The molecule has 2 saturated heterocycles. The fraction of sp³-hybridized carbons (Fsp3) is 0.556. The first-order valence-corrected chi connectivity index (χ1v) is 13.0. The van der Waals surface area contributed by atoms with Gasteiger partial charge in [-0.1, -0.05) is 19.1 Å². The number of carbonyl (C=O) groups excluding carboxylic acids is 2. The third kappa shape index (κ3) is 7.67. The van der Waals surface area contributed by atoms with E-state index in [4.69, 9.17) is 0 Å². The molecular formula is C27H38N6O2. The maximum absolute atomic E-state index is 12.5. The first-order valence-electron chi connectivity index (χ1n) is 13.0. The lowest BCUT2D eigenvalue weighted by atomic mass is 9.99. The van der Waals surface area contributed by atoms with Gasteiger partial charge in [0.1, 0.15) is 11.6 Å². The molecule has 4 rings (SSSR count). The predicted molar refractivity (Wildman–Crippen MR) is 138 cm³/mol. The van der Waals surface area contributed by atoms with Crippen LogP contribution in [0.15, 0.2) is 48.8 Å². The van der Waals surface area contributed by atoms with Crippen molar-refractivity contribution in [3.05, 3.63) is 48.8 Å². The number of hydrogen-bond donors (Lipinski definition) is 2. The monoisotopic (exact) mass is 478 g/mol. The van der Waals surface area contributed by atoms with Crippen molar-refractivity contribution in [2.24, 2.45) is 5.92 Å². The average molecular weight is 479 g/mol. The van der Waals surface area contributed by atoms with Crippen LogP contribution in [0.3, 0.4) is 0 Å². The highest BCUT2D eigenvalue weighted by molar-refractivity contribution is 5.77. The van der Waals surface area contributed by atoms with Crippen molar-refractivity contribution in [3.63, 3.8) is 0 Å². The summed E-state index contributed by atoms with van der Waals surface area (Å²) >= 11 is 0. The highest BCUT2D eigenvalue weighted by atomic mass is 16.2. The van der Waals surface area contributed by atoms with Crippen molar-refractivity contribution in [2.75, 3.05) is 36.0 Å². The zero-order valence-electron chi connectivity index (χ0n) is 20.7. The van der Waals surface area contributed by atoms with Gasteiger partial charge < -0.3 is 20.4 Å². The summed E-state index contributed by atoms with van der Waals surface area (Å²) < 4.78 is 0. The van der Waals surface area contributed by atoms with Gasteiger partial charge in [-0.3, -0.25) is 9.59 Å². The molecule has 8 heteroatoms. The summed E-state index contributed by atoms with van der Waals surface area (Å²) in [4.78, 5) is 38.4. The second-order valence-electron chi connectivity index (χ2n) is 9.88. The van der Waals surface area contributed by atoms with Gasteiger partial charge >= 0.3 is 0 Å². The molecule has 0 saturated carbocycles. The molecule has 1 atom stereocenters. The number of amides is 2. The number of piperidine rings is 2. The quantitative estimate of drug-likeness (QED) is 0.575. The van der Waals surface area contributed by atoms with E-state index in [-0.39, 0.29) is 29.8 Å². The highest BCUT2D eigenvalue weighted by Gasteiger charge is 2.23. The molecular weight excluding hydrogens is 440 g/mol. The molecule has 8 nitrogen and oxygen atoms in total. The van der Waals surface area contributed by atoms with Gasteiger partial charge in [-0.15, -0.1) is 0 Å². The number of carbonyl (C=O) groups is 2. The Hall–Kier alpha value is -3.16. The number of hydrogen-bond acceptors (Lipinski definition) is 6. The second kappa shape index (κ2) is 12.5. The first-order chi connectivity index (χ1) is 17.1. The molecule has 2 N–H and O–H groups in total. The maximum Gasteiger partial charge on any atom is 0.220 e. The number of pyridine rings is 2. The van der Waals surface area contributed by atoms with Crippen LogP contribution < -0.4 is 20.4 Å². The Balaban J connectivity index is 1.08. The van der Waals surface area contributed by atoms with E-state index in [9.17, 15) is 9.59 Å². The molecule has 2 aromatic heterocycles. The van der Waals surface area contributed by atoms with Crippen LogP contribution >= 0.6 is 0 Å². The van der Waals surface area contributed by atoms with Crippen molar-refractivity contribution in [1.82, 2.24) is 20.6 Å². The molecule has 0 aliphatic carbocycles. The summed E-state index contributed by atoms with van der Waals surface area (Å²) in [5.41, 5.74) is 0. The van der Waals surface area contributed by atoms with Crippen LogP contribution in [0, 0.1) is 5.92 Å². The zero-order chi connectivity index (χ0) is 24.5. The van der Waals surface area contributed by atoms with Crippen molar-refractivity contribution in [3.8, 4) is 0 Å². The van der Waals surface area contributed by atoms with Crippen molar-refractivity contribution < 1.29 is 9.59 Å². The minimum Gasteiger partial charge on any atom is -0.356 e. The summed E-state index contributed by atoms with van der Waals surface area (Å²) in [7, 11) is 0. The van der Waals surface area contributed by atoms with E-state index in [1.165, 1.54) is 0 Å². The summed E-state index contributed by atoms with van der Waals surface area (Å²) in [5, 5.41) is 6.38. The number of nitrogens with one attached hydrogen (secondary N) is 2. The molecule has 2 amide bonds. The standard InChI is InChI=1S/C27H38N6O2/c1-21(20-27(35)31-23-12-18-33(19-13-23)25-7-3-5-15-29-25)8-9-26(34)30-22-10-16-32(17-11-22)24-6-2-4-14-28-24/h2-7,14-15,21-23H,8-13,16-20H2,1H3,(H,30,34)(H,31,35). The molecule has 2 aromatic rings. The minimum atomic E-state index is 0.0930. The molecule has 0 bridgehead atoms. The molecule has 1 unspecified atom stereocenters. The topological polar surface area (TPSA) is 90.5 Å². The van der Waals surface area contributed by atoms with Gasteiger partial charge in [-0.25, -0.2) is 9.97 Å². The third-order valence-electron chi connectivity index (χ3n) is 7.06. The van der Waals surface area contributed by atoms with Crippen molar-refractivity contribution in [1.29, 1.82) is 0 Å². The molecule has 0 spiro atoms. The Bertz CT molecular complexity index is 925. The third-order valence-corrected chi connectivity index (χ3v) is 7.06. The Labute approximate surface area is 208 Å². The largest absolute Gasteiger partial charge is 0.356 e. The summed E-state index contributed by atoms with van der Waals surface area (Å²) in [6.07, 6.45) is 9.02. The van der Waals surface area contributed by atoms with Gasteiger partial charge in [-0.2, -0.15) is 0 Å². The maximum atomic E-state index is 12.5. The van der Waals surface area contributed by atoms with E-state index in [0.29, 0.717) is 12.8 Å². The van der Waals surface area contributed by atoms with Crippen LogP contribution in [0.25, 0.3) is 0 Å². The average Bonchev–Trinajstić information content (AvgIpc) is 2.89. The van der Waals surface area contributed by atoms with Gasteiger partial charge in [0.25, 0.3) is 0 Å². The molecule has 2 aliphatic heterocycles. The Kier molecular flexibility index (Phi) is 8.92. The molecule has 2 fully saturated rings. The molecule has 2 aliphatic rings. The van der Waals surface area contributed by atoms with E-state index in [2.05, 4.69) is 37.3 Å². The lowest BCUT2D eigenvalue weighted by Crippen LogP contribution is -2.45. The number of anilines is 2. The Morgan fingerprint density at radius 3 is 1.77 bits per heavy atom. The molecule has 0 radical (unpaired) electrons. The summed E-state index contributed by atoms with van der Waals surface area (Å²) in [6, 6.07) is 12.4. The molecule has 4 heterocycles. The van der Waals surface area contributed by atoms with E-state index >= 15 is 0 Å². The highest BCUT2D eigenvalue weighted by Crippen LogP contribution is 2.19. The van der Waals surface area contributed by atoms with Crippen LogP contribution in [-0.4, -0.2) is 60.0 Å². The normalized spacial score (nSPS) is 18.2. The van der Waals surface area contributed by atoms with Crippen molar-refractivity contribution >= 4 is 23.5 Å². The molecule has 188 valence electrons. The lowest BCUT2D eigenvalue weighted by Gasteiger charge is -2.33. The minimum absolute atomic E-state index is 0.0930. The van der Waals surface area contributed by atoms with Crippen LogP contribution in [0.1, 0.15) is 51.9 Å². The van der Waals surface area contributed by atoms with Gasteiger partial charge in [-0.05, 0) is 62.3 Å². The summed E-state index contributed by atoms with van der Waals surface area (Å²) in [5.74, 6) is 2.37.